The fourth-order valence-corrected chi connectivity index (χ4v) is 3.65. The van der Waals surface area contributed by atoms with Gasteiger partial charge in [-0.15, -0.1) is 0 Å². The lowest BCUT2D eigenvalue weighted by Crippen LogP contribution is -2.13. The highest BCUT2D eigenvalue weighted by Gasteiger charge is 2.16. The lowest BCUT2D eigenvalue weighted by Gasteiger charge is -2.12. The van der Waals surface area contributed by atoms with Crippen LogP contribution in [-0.4, -0.2) is 34.0 Å². The van der Waals surface area contributed by atoms with Crippen LogP contribution in [0.2, 0.25) is 0 Å². The van der Waals surface area contributed by atoms with E-state index in [1.165, 1.54) is 61.1 Å². The highest BCUT2D eigenvalue weighted by molar-refractivity contribution is 6.07. The molecule has 0 bridgehead atoms. The summed E-state index contributed by atoms with van der Waals surface area (Å²) in [5, 5.41) is 24.4. The SMILES string of the molecule is O=C(/C=C/c1ccco1)Nc1ccc(Cc2ccc(NC(=O)/C=C/c3ccco3)c(C(=O)O)c2)cc1C(=O)O. The fourth-order valence-electron chi connectivity index (χ4n) is 3.65. The van der Waals surface area contributed by atoms with E-state index in [1.807, 2.05) is 0 Å². The number of furan rings is 2. The normalized spacial score (nSPS) is 11.1. The van der Waals surface area contributed by atoms with Crippen molar-refractivity contribution in [2.45, 2.75) is 6.42 Å². The second-order valence-corrected chi connectivity index (χ2v) is 8.22. The predicted molar refractivity (Wildman–Crippen MR) is 142 cm³/mol. The molecule has 2 aromatic heterocycles. The van der Waals surface area contributed by atoms with Gasteiger partial charge < -0.3 is 29.7 Å². The average Bonchev–Trinajstić information content (AvgIpc) is 3.62. The van der Waals surface area contributed by atoms with E-state index < -0.39 is 23.8 Å². The monoisotopic (exact) mass is 526 g/mol. The van der Waals surface area contributed by atoms with Crippen molar-refractivity contribution in [2.24, 2.45) is 0 Å². The number of carbonyl (C=O) groups is 4. The van der Waals surface area contributed by atoms with Crippen molar-refractivity contribution in [3.05, 3.63) is 119 Å². The van der Waals surface area contributed by atoms with Crippen LogP contribution in [-0.2, 0) is 16.0 Å². The number of amides is 2. The molecule has 4 N–H and O–H groups in total. The van der Waals surface area contributed by atoms with Crippen molar-refractivity contribution >= 4 is 47.3 Å². The molecule has 0 unspecified atom stereocenters. The van der Waals surface area contributed by atoms with E-state index in [9.17, 15) is 29.4 Å². The molecule has 196 valence electrons. The van der Waals surface area contributed by atoms with Gasteiger partial charge >= 0.3 is 11.9 Å². The molecular formula is C29H22N2O8. The maximum atomic E-state index is 12.2. The number of aromatic carboxylic acids is 2. The van der Waals surface area contributed by atoms with Crippen LogP contribution < -0.4 is 10.6 Å². The van der Waals surface area contributed by atoms with Crippen molar-refractivity contribution in [3.8, 4) is 0 Å². The van der Waals surface area contributed by atoms with Gasteiger partial charge in [-0.2, -0.15) is 0 Å². The highest BCUT2D eigenvalue weighted by Crippen LogP contribution is 2.23. The van der Waals surface area contributed by atoms with Gasteiger partial charge in [0.1, 0.15) is 11.5 Å². The van der Waals surface area contributed by atoms with E-state index in [0.717, 1.165) is 0 Å². The highest BCUT2D eigenvalue weighted by atomic mass is 16.4. The summed E-state index contributed by atoms with van der Waals surface area (Å²) in [6.07, 6.45) is 8.47. The first-order valence-corrected chi connectivity index (χ1v) is 11.6. The average molecular weight is 527 g/mol. The van der Waals surface area contributed by atoms with Gasteiger partial charge in [-0.05, 0) is 78.2 Å². The molecule has 2 amide bonds. The number of hydrogen-bond donors (Lipinski definition) is 4. The van der Waals surface area contributed by atoms with E-state index in [2.05, 4.69) is 10.6 Å². The molecule has 0 fully saturated rings. The summed E-state index contributed by atoms with van der Waals surface area (Å²) in [6, 6.07) is 15.7. The van der Waals surface area contributed by atoms with Crippen molar-refractivity contribution in [2.75, 3.05) is 10.6 Å². The smallest absolute Gasteiger partial charge is 0.337 e. The van der Waals surface area contributed by atoms with Gasteiger partial charge in [-0.1, -0.05) is 12.1 Å². The maximum Gasteiger partial charge on any atom is 0.337 e. The van der Waals surface area contributed by atoms with Gasteiger partial charge in [0.05, 0.1) is 35.0 Å². The standard InChI is InChI=1S/C29H22N2O8/c32-26(11-7-20-3-1-13-38-20)30-24-9-5-18(16-22(24)28(34)35)15-19-6-10-25(23(17-19)29(36)37)31-27(33)12-8-21-4-2-14-39-21/h1-14,16-17H,15H2,(H,30,32)(H,31,33)(H,34,35)(H,36,37)/b11-7+,12-8+. The fraction of sp³-hybridized carbons (Fsp3) is 0.0345. The van der Waals surface area contributed by atoms with Gasteiger partial charge in [0, 0.05) is 12.2 Å². The summed E-state index contributed by atoms with van der Waals surface area (Å²) >= 11 is 0. The van der Waals surface area contributed by atoms with Crippen LogP contribution in [0.25, 0.3) is 12.2 Å². The zero-order chi connectivity index (χ0) is 27.8. The molecule has 39 heavy (non-hydrogen) atoms. The molecule has 0 spiro atoms. The van der Waals surface area contributed by atoms with Crippen LogP contribution in [0.15, 0.2) is 94.2 Å². The minimum Gasteiger partial charge on any atom is -0.478 e. The zero-order valence-corrected chi connectivity index (χ0v) is 20.3. The first kappa shape index (κ1) is 26.4. The topological polar surface area (TPSA) is 159 Å². The first-order valence-electron chi connectivity index (χ1n) is 11.6. The Hall–Kier alpha value is -5.64. The third kappa shape index (κ3) is 7.20. The summed E-state index contributed by atoms with van der Waals surface area (Å²) in [4.78, 5) is 48.2. The van der Waals surface area contributed by atoms with E-state index in [0.29, 0.717) is 22.6 Å². The van der Waals surface area contributed by atoms with Crippen LogP contribution >= 0.6 is 0 Å². The van der Waals surface area contributed by atoms with Crippen LogP contribution in [0, 0.1) is 0 Å². The lowest BCUT2D eigenvalue weighted by atomic mass is 9.99. The Morgan fingerprint density at radius 1 is 0.667 bits per heavy atom. The third-order valence-electron chi connectivity index (χ3n) is 5.44. The largest absolute Gasteiger partial charge is 0.478 e. The zero-order valence-electron chi connectivity index (χ0n) is 20.3. The molecule has 4 rings (SSSR count). The van der Waals surface area contributed by atoms with E-state index in [-0.39, 0.29) is 28.9 Å². The molecule has 2 heterocycles. The van der Waals surface area contributed by atoms with Crippen LogP contribution in [0.4, 0.5) is 11.4 Å². The van der Waals surface area contributed by atoms with Gasteiger partial charge in [-0.25, -0.2) is 9.59 Å². The number of anilines is 2. The molecule has 0 radical (unpaired) electrons. The molecule has 0 aliphatic carbocycles. The Morgan fingerprint density at radius 2 is 1.10 bits per heavy atom. The molecule has 0 aliphatic rings. The van der Waals surface area contributed by atoms with Crippen molar-refractivity contribution < 1.29 is 38.2 Å². The Bertz CT molecular complexity index is 1450. The maximum absolute atomic E-state index is 12.2. The van der Waals surface area contributed by atoms with Gasteiger partial charge in [-0.3, -0.25) is 9.59 Å². The van der Waals surface area contributed by atoms with Gasteiger partial charge in [0.2, 0.25) is 11.8 Å². The molecule has 0 aliphatic heterocycles. The number of benzene rings is 2. The number of rotatable bonds is 10. The van der Waals surface area contributed by atoms with Crippen LogP contribution in [0.5, 0.6) is 0 Å². The Labute approximate surface area is 221 Å². The Morgan fingerprint density at radius 3 is 1.46 bits per heavy atom. The lowest BCUT2D eigenvalue weighted by molar-refractivity contribution is -0.112. The summed E-state index contributed by atoms with van der Waals surface area (Å²) < 4.78 is 10.2. The molecule has 0 saturated carbocycles. The second kappa shape index (κ2) is 12.1. The van der Waals surface area contributed by atoms with Crippen molar-refractivity contribution in [1.29, 1.82) is 0 Å². The molecule has 4 aromatic rings. The van der Waals surface area contributed by atoms with E-state index in [1.54, 1.807) is 36.4 Å². The molecule has 10 nitrogen and oxygen atoms in total. The van der Waals surface area contributed by atoms with Gasteiger partial charge in [0.15, 0.2) is 0 Å². The third-order valence-corrected chi connectivity index (χ3v) is 5.44. The number of carboxylic acid groups (broad SMARTS) is 2. The summed E-state index contributed by atoms with van der Waals surface area (Å²) in [6.45, 7) is 0. The number of hydrogen-bond acceptors (Lipinski definition) is 6. The summed E-state index contributed by atoms with van der Waals surface area (Å²) in [7, 11) is 0. The van der Waals surface area contributed by atoms with Crippen molar-refractivity contribution in [1.82, 2.24) is 0 Å². The number of nitrogens with one attached hydrogen (secondary N) is 2. The Kier molecular flexibility index (Phi) is 8.17. The minimum absolute atomic E-state index is 0.104. The number of carbonyl (C=O) groups excluding carboxylic acids is 2. The van der Waals surface area contributed by atoms with Gasteiger partial charge in [0.25, 0.3) is 0 Å². The first-order chi connectivity index (χ1) is 18.8. The summed E-state index contributed by atoms with van der Waals surface area (Å²) in [5.41, 5.74) is 1.10. The van der Waals surface area contributed by atoms with Crippen molar-refractivity contribution in [3.63, 3.8) is 0 Å². The molecule has 10 heteroatoms. The number of carboxylic acids is 2. The van der Waals surface area contributed by atoms with E-state index >= 15 is 0 Å². The molecule has 2 aromatic carbocycles. The molecule has 0 atom stereocenters. The minimum atomic E-state index is -1.24. The molecular weight excluding hydrogens is 504 g/mol. The quantitative estimate of drug-likeness (QED) is 0.206. The molecule has 0 saturated heterocycles. The predicted octanol–water partition coefficient (Wildman–Crippen LogP) is 5.16. The van der Waals surface area contributed by atoms with Crippen LogP contribution in [0.3, 0.4) is 0 Å². The van der Waals surface area contributed by atoms with Crippen LogP contribution in [0.1, 0.15) is 43.4 Å². The Balaban J connectivity index is 1.48. The van der Waals surface area contributed by atoms with E-state index in [4.69, 9.17) is 8.83 Å². The summed E-state index contributed by atoms with van der Waals surface area (Å²) in [5.74, 6) is -2.62. The second-order valence-electron chi connectivity index (χ2n) is 8.22.